The highest BCUT2D eigenvalue weighted by Crippen LogP contribution is 2.24. The van der Waals surface area contributed by atoms with E-state index in [2.05, 4.69) is 10.6 Å². The SMILES string of the molecule is CC(NC(=O)C1CC(=O)N(c2ccccc2)C1)C(=O)NCCc1ccccc1. The first-order valence-corrected chi connectivity index (χ1v) is 9.52. The van der Waals surface area contributed by atoms with Crippen molar-refractivity contribution < 1.29 is 14.4 Å². The molecule has 2 aromatic carbocycles. The summed E-state index contributed by atoms with van der Waals surface area (Å²) in [4.78, 5) is 38.6. The van der Waals surface area contributed by atoms with Crippen molar-refractivity contribution in [2.75, 3.05) is 18.0 Å². The number of carbonyl (C=O) groups is 3. The van der Waals surface area contributed by atoms with Gasteiger partial charge < -0.3 is 15.5 Å². The third-order valence-electron chi connectivity index (χ3n) is 4.87. The molecule has 6 heteroatoms. The summed E-state index contributed by atoms with van der Waals surface area (Å²) in [6.45, 7) is 2.49. The van der Waals surface area contributed by atoms with Crippen LogP contribution in [0.3, 0.4) is 0 Å². The predicted octanol–water partition coefficient (Wildman–Crippen LogP) is 1.90. The second-order valence-corrected chi connectivity index (χ2v) is 7.00. The molecule has 3 rings (SSSR count). The Hall–Kier alpha value is -3.15. The van der Waals surface area contributed by atoms with E-state index in [1.165, 1.54) is 0 Å². The summed E-state index contributed by atoms with van der Waals surface area (Å²) in [7, 11) is 0. The molecule has 28 heavy (non-hydrogen) atoms. The van der Waals surface area contributed by atoms with Crippen molar-refractivity contribution in [2.24, 2.45) is 5.92 Å². The zero-order chi connectivity index (χ0) is 19.9. The minimum absolute atomic E-state index is 0.0775. The average Bonchev–Trinajstić information content (AvgIpc) is 3.11. The highest BCUT2D eigenvalue weighted by Gasteiger charge is 2.35. The Bertz CT molecular complexity index is 823. The molecule has 1 heterocycles. The van der Waals surface area contributed by atoms with Crippen LogP contribution in [0.1, 0.15) is 18.9 Å². The number of nitrogens with one attached hydrogen (secondary N) is 2. The van der Waals surface area contributed by atoms with Gasteiger partial charge in [0.25, 0.3) is 0 Å². The molecule has 0 aliphatic carbocycles. The van der Waals surface area contributed by atoms with Crippen LogP contribution in [0.25, 0.3) is 0 Å². The smallest absolute Gasteiger partial charge is 0.242 e. The summed E-state index contributed by atoms with van der Waals surface area (Å²) in [5.74, 6) is -1.02. The van der Waals surface area contributed by atoms with Crippen LogP contribution in [-0.2, 0) is 20.8 Å². The van der Waals surface area contributed by atoms with Gasteiger partial charge in [-0.25, -0.2) is 0 Å². The van der Waals surface area contributed by atoms with Gasteiger partial charge in [-0.1, -0.05) is 48.5 Å². The Labute approximate surface area is 164 Å². The maximum Gasteiger partial charge on any atom is 0.242 e. The number of rotatable bonds is 7. The summed E-state index contributed by atoms with van der Waals surface area (Å²) >= 11 is 0. The van der Waals surface area contributed by atoms with E-state index in [0.717, 1.165) is 17.7 Å². The number of hydrogen-bond donors (Lipinski definition) is 2. The lowest BCUT2D eigenvalue weighted by molar-refractivity contribution is -0.130. The molecule has 0 bridgehead atoms. The molecule has 2 aromatic rings. The molecule has 1 aliphatic rings. The van der Waals surface area contributed by atoms with E-state index in [0.29, 0.717) is 13.1 Å². The van der Waals surface area contributed by atoms with Crippen LogP contribution < -0.4 is 15.5 Å². The maximum atomic E-state index is 12.5. The quantitative estimate of drug-likeness (QED) is 0.771. The summed E-state index contributed by atoms with van der Waals surface area (Å²) in [6, 6.07) is 18.5. The van der Waals surface area contributed by atoms with E-state index in [1.54, 1.807) is 11.8 Å². The first-order valence-electron chi connectivity index (χ1n) is 9.52. The number of anilines is 1. The third kappa shape index (κ3) is 4.97. The standard InChI is InChI=1S/C22H25N3O3/c1-16(21(27)23-13-12-17-8-4-2-5-9-17)24-22(28)18-14-20(26)25(15-18)19-10-6-3-7-11-19/h2-11,16,18H,12-15H2,1H3,(H,23,27)(H,24,28). The summed E-state index contributed by atoms with van der Waals surface area (Å²) in [5.41, 5.74) is 1.93. The second-order valence-electron chi connectivity index (χ2n) is 7.00. The van der Waals surface area contributed by atoms with Crippen LogP contribution in [0, 0.1) is 5.92 Å². The topological polar surface area (TPSA) is 78.5 Å². The summed E-state index contributed by atoms with van der Waals surface area (Å²) < 4.78 is 0. The van der Waals surface area contributed by atoms with Gasteiger partial charge in [0, 0.05) is 25.2 Å². The lowest BCUT2D eigenvalue weighted by Gasteiger charge is -2.18. The van der Waals surface area contributed by atoms with Crippen molar-refractivity contribution in [1.82, 2.24) is 10.6 Å². The molecule has 2 atom stereocenters. The highest BCUT2D eigenvalue weighted by molar-refractivity contribution is 6.01. The van der Waals surface area contributed by atoms with Crippen molar-refractivity contribution in [3.63, 3.8) is 0 Å². The Morgan fingerprint density at radius 2 is 1.71 bits per heavy atom. The fourth-order valence-corrected chi connectivity index (χ4v) is 3.27. The molecule has 0 aromatic heterocycles. The van der Waals surface area contributed by atoms with Crippen molar-refractivity contribution >= 4 is 23.4 Å². The first kappa shape index (κ1) is 19.6. The largest absolute Gasteiger partial charge is 0.354 e. The van der Waals surface area contributed by atoms with E-state index in [1.807, 2.05) is 60.7 Å². The van der Waals surface area contributed by atoms with Gasteiger partial charge in [0.2, 0.25) is 17.7 Å². The minimum Gasteiger partial charge on any atom is -0.354 e. The molecule has 2 unspecified atom stereocenters. The van der Waals surface area contributed by atoms with Crippen LogP contribution in [0.4, 0.5) is 5.69 Å². The lowest BCUT2D eigenvalue weighted by atomic mass is 10.1. The predicted molar refractivity (Wildman–Crippen MR) is 108 cm³/mol. The molecule has 1 saturated heterocycles. The Kier molecular flexibility index (Phi) is 6.42. The summed E-state index contributed by atoms with van der Waals surface area (Å²) in [5, 5.41) is 5.57. The van der Waals surface area contributed by atoms with Crippen LogP contribution in [0.15, 0.2) is 60.7 Å². The highest BCUT2D eigenvalue weighted by atomic mass is 16.2. The van der Waals surface area contributed by atoms with Gasteiger partial charge in [0.15, 0.2) is 0 Å². The number of carbonyl (C=O) groups excluding carboxylic acids is 3. The lowest BCUT2D eigenvalue weighted by Crippen LogP contribution is -2.47. The van der Waals surface area contributed by atoms with Crippen LogP contribution in [-0.4, -0.2) is 36.9 Å². The van der Waals surface area contributed by atoms with Crippen molar-refractivity contribution in [3.8, 4) is 0 Å². The van der Waals surface area contributed by atoms with Crippen molar-refractivity contribution in [2.45, 2.75) is 25.8 Å². The zero-order valence-electron chi connectivity index (χ0n) is 15.9. The van der Waals surface area contributed by atoms with Crippen molar-refractivity contribution in [3.05, 3.63) is 66.2 Å². The molecular formula is C22H25N3O3. The normalized spacial score (nSPS) is 17.2. The molecule has 1 fully saturated rings. The molecule has 2 N–H and O–H groups in total. The second kappa shape index (κ2) is 9.17. The maximum absolute atomic E-state index is 12.5. The number of amides is 3. The van der Waals surface area contributed by atoms with Gasteiger partial charge in [-0.05, 0) is 31.0 Å². The van der Waals surface area contributed by atoms with E-state index < -0.39 is 12.0 Å². The fourth-order valence-electron chi connectivity index (χ4n) is 3.27. The van der Waals surface area contributed by atoms with Gasteiger partial charge in [-0.2, -0.15) is 0 Å². The van der Waals surface area contributed by atoms with Crippen LogP contribution >= 0.6 is 0 Å². The monoisotopic (exact) mass is 379 g/mol. The van der Waals surface area contributed by atoms with E-state index in [-0.39, 0.29) is 24.1 Å². The molecule has 146 valence electrons. The number of nitrogens with zero attached hydrogens (tertiary/aromatic N) is 1. The van der Waals surface area contributed by atoms with Crippen molar-refractivity contribution in [1.29, 1.82) is 0 Å². The number of benzene rings is 2. The van der Waals surface area contributed by atoms with Gasteiger partial charge >= 0.3 is 0 Å². The molecule has 0 radical (unpaired) electrons. The molecule has 0 spiro atoms. The Balaban J connectivity index is 1.46. The number of para-hydroxylation sites is 1. The fraction of sp³-hybridized carbons (Fsp3) is 0.318. The molecule has 6 nitrogen and oxygen atoms in total. The third-order valence-corrected chi connectivity index (χ3v) is 4.87. The minimum atomic E-state index is -0.649. The van der Waals surface area contributed by atoms with Crippen LogP contribution in [0.5, 0.6) is 0 Å². The molecular weight excluding hydrogens is 354 g/mol. The van der Waals surface area contributed by atoms with E-state index in [9.17, 15) is 14.4 Å². The van der Waals surface area contributed by atoms with Gasteiger partial charge in [0.05, 0.1) is 5.92 Å². The Morgan fingerprint density at radius 3 is 2.39 bits per heavy atom. The molecule has 0 saturated carbocycles. The average molecular weight is 379 g/mol. The number of hydrogen-bond acceptors (Lipinski definition) is 3. The van der Waals surface area contributed by atoms with E-state index >= 15 is 0 Å². The zero-order valence-corrected chi connectivity index (χ0v) is 15.9. The molecule has 1 aliphatic heterocycles. The first-order chi connectivity index (χ1) is 13.5. The van der Waals surface area contributed by atoms with E-state index in [4.69, 9.17) is 0 Å². The van der Waals surface area contributed by atoms with Gasteiger partial charge in [-0.15, -0.1) is 0 Å². The van der Waals surface area contributed by atoms with Gasteiger partial charge in [-0.3, -0.25) is 14.4 Å². The summed E-state index contributed by atoms with van der Waals surface area (Å²) in [6.07, 6.45) is 0.888. The van der Waals surface area contributed by atoms with Crippen LogP contribution in [0.2, 0.25) is 0 Å². The van der Waals surface area contributed by atoms with Gasteiger partial charge in [0.1, 0.15) is 6.04 Å². The molecule has 3 amide bonds. The Morgan fingerprint density at radius 1 is 1.07 bits per heavy atom.